The Bertz CT molecular complexity index is 273. The van der Waals surface area contributed by atoms with E-state index in [1.165, 1.54) is 12.8 Å². The first kappa shape index (κ1) is 14.0. The van der Waals surface area contributed by atoms with Crippen LogP contribution in [0.4, 0.5) is 0 Å². The van der Waals surface area contributed by atoms with Crippen molar-refractivity contribution < 1.29 is 9.59 Å². The SMILES string of the molecule is CCCC1CCN(C(=O)C(N)CC(N)=O)CC1. The quantitative estimate of drug-likeness (QED) is 0.722. The molecule has 1 aliphatic rings. The fourth-order valence-corrected chi connectivity index (χ4v) is 2.39. The lowest BCUT2D eigenvalue weighted by atomic mass is 9.92. The van der Waals surface area contributed by atoms with Crippen LogP contribution in [0.1, 0.15) is 39.0 Å². The molecule has 1 atom stereocenters. The normalized spacial score (nSPS) is 19.1. The van der Waals surface area contributed by atoms with Crippen molar-refractivity contribution in [1.29, 1.82) is 0 Å². The van der Waals surface area contributed by atoms with E-state index in [1.54, 1.807) is 4.90 Å². The van der Waals surface area contributed by atoms with Crippen LogP contribution in [-0.2, 0) is 9.59 Å². The maximum atomic E-state index is 11.9. The third kappa shape index (κ3) is 4.34. The molecule has 0 bridgehead atoms. The van der Waals surface area contributed by atoms with Crippen LogP contribution in [0.3, 0.4) is 0 Å². The second-order valence-corrected chi connectivity index (χ2v) is 4.83. The number of nitrogens with zero attached hydrogens (tertiary/aromatic N) is 1. The van der Waals surface area contributed by atoms with Crippen LogP contribution >= 0.6 is 0 Å². The van der Waals surface area contributed by atoms with E-state index < -0.39 is 11.9 Å². The van der Waals surface area contributed by atoms with Gasteiger partial charge >= 0.3 is 0 Å². The highest BCUT2D eigenvalue weighted by Gasteiger charge is 2.26. The van der Waals surface area contributed by atoms with Crippen LogP contribution in [0.15, 0.2) is 0 Å². The van der Waals surface area contributed by atoms with Gasteiger partial charge in [0.05, 0.1) is 12.5 Å². The maximum Gasteiger partial charge on any atom is 0.240 e. The Hall–Kier alpha value is -1.10. The summed E-state index contributed by atoms with van der Waals surface area (Å²) in [6.45, 7) is 3.70. The van der Waals surface area contributed by atoms with E-state index >= 15 is 0 Å². The molecule has 1 fully saturated rings. The Kier molecular flexibility index (Phi) is 5.41. The molecule has 98 valence electrons. The minimum absolute atomic E-state index is 0.0618. The molecule has 1 rings (SSSR count). The highest BCUT2D eigenvalue weighted by atomic mass is 16.2. The third-order valence-electron chi connectivity index (χ3n) is 3.36. The summed E-state index contributed by atoms with van der Waals surface area (Å²) in [5.41, 5.74) is 10.7. The van der Waals surface area contributed by atoms with Crippen molar-refractivity contribution in [3.8, 4) is 0 Å². The molecular formula is C12H23N3O2. The molecule has 1 aliphatic heterocycles. The van der Waals surface area contributed by atoms with Crippen LogP contribution < -0.4 is 11.5 Å². The molecule has 0 saturated carbocycles. The summed E-state index contributed by atoms with van der Waals surface area (Å²) in [5, 5.41) is 0. The fraction of sp³-hybridized carbons (Fsp3) is 0.833. The Labute approximate surface area is 103 Å². The number of primary amides is 1. The van der Waals surface area contributed by atoms with Gasteiger partial charge in [0.15, 0.2) is 0 Å². The van der Waals surface area contributed by atoms with Gasteiger partial charge in [-0.3, -0.25) is 9.59 Å². The minimum atomic E-state index is -0.768. The van der Waals surface area contributed by atoms with Crippen molar-refractivity contribution >= 4 is 11.8 Å². The van der Waals surface area contributed by atoms with Gasteiger partial charge in [0, 0.05) is 13.1 Å². The molecule has 0 aromatic carbocycles. The van der Waals surface area contributed by atoms with E-state index in [2.05, 4.69) is 6.92 Å². The molecule has 1 unspecified atom stereocenters. The highest BCUT2D eigenvalue weighted by molar-refractivity contribution is 5.87. The van der Waals surface area contributed by atoms with Crippen LogP contribution in [-0.4, -0.2) is 35.8 Å². The first-order valence-electron chi connectivity index (χ1n) is 6.37. The summed E-state index contributed by atoms with van der Waals surface area (Å²) in [7, 11) is 0. The number of rotatable bonds is 5. The number of piperidine rings is 1. The van der Waals surface area contributed by atoms with Crippen molar-refractivity contribution in [1.82, 2.24) is 4.90 Å². The molecule has 1 saturated heterocycles. The van der Waals surface area contributed by atoms with E-state index in [4.69, 9.17) is 11.5 Å². The lowest BCUT2D eigenvalue weighted by Crippen LogP contribution is -2.48. The molecule has 0 aromatic heterocycles. The number of amides is 2. The van der Waals surface area contributed by atoms with Gasteiger partial charge in [-0.15, -0.1) is 0 Å². The van der Waals surface area contributed by atoms with Crippen molar-refractivity contribution in [3.63, 3.8) is 0 Å². The number of hydrogen-bond donors (Lipinski definition) is 2. The monoisotopic (exact) mass is 241 g/mol. The number of carbonyl (C=O) groups excluding carboxylic acids is 2. The maximum absolute atomic E-state index is 11.9. The zero-order chi connectivity index (χ0) is 12.8. The number of hydrogen-bond acceptors (Lipinski definition) is 3. The standard InChI is InChI=1S/C12H23N3O2/c1-2-3-9-4-6-15(7-5-9)12(17)10(13)8-11(14)16/h9-10H,2-8,13H2,1H3,(H2,14,16). The zero-order valence-corrected chi connectivity index (χ0v) is 10.5. The Balaban J connectivity index is 2.37. The average Bonchev–Trinajstić information content (AvgIpc) is 2.28. The molecule has 0 spiro atoms. The third-order valence-corrected chi connectivity index (χ3v) is 3.36. The largest absolute Gasteiger partial charge is 0.370 e. The Morgan fingerprint density at radius 2 is 1.94 bits per heavy atom. The summed E-state index contributed by atoms with van der Waals surface area (Å²) in [6.07, 6.45) is 4.45. The van der Waals surface area contributed by atoms with Crippen LogP contribution in [0.25, 0.3) is 0 Å². The smallest absolute Gasteiger partial charge is 0.240 e. The number of nitrogens with two attached hydrogens (primary N) is 2. The first-order chi connectivity index (χ1) is 8.04. The average molecular weight is 241 g/mol. The molecule has 2 amide bonds. The minimum Gasteiger partial charge on any atom is -0.370 e. The van der Waals surface area contributed by atoms with E-state index in [-0.39, 0.29) is 12.3 Å². The summed E-state index contributed by atoms with van der Waals surface area (Å²) >= 11 is 0. The topological polar surface area (TPSA) is 89.4 Å². The highest BCUT2D eigenvalue weighted by Crippen LogP contribution is 2.22. The molecule has 0 radical (unpaired) electrons. The lowest BCUT2D eigenvalue weighted by Gasteiger charge is -2.33. The number of carbonyl (C=O) groups is 2. The van der Waals surface area contributed by atoms with Crippen molar-refractivity contribution in [2.75, 3.05) is 13.1 Å². The molecule has 5 nitrogen and oxygen atoms in total. The summed E-state index contributed by atoms with van der Waals surface area (Å²) in [6, 6.07) is -0.768. The summed E-state index contributed by atoms with van der Waals surface area (Å²) in [5.74, 6) is 0.0712. The second-order valence-electron chi connectivity index (χ2n) is 4.83. The van der Waals surface area contributed by atoms with Gasteiger partial charge in [-0.1, -0.05) is 19.8 Å². The lowest BCUT2D eigenvalue weighted by molar-refractivity contribution is -0.135. The molecule has 4 N–H and O–H groups in total. The van der Waals surface area contributed by atoms with Gasteiger partial charge in [0.25, 0.3) is 0 Å². The van der Waals surface area contributed by atoms with Gasteiger partial charge in [-0.05, 0) is 18.8 Å². The van der Waals surface area contributed by atoms with Gasteiger partial charge < -0.3 is 16.4 Å². The van der Waals surface area contributed by atoms with E-state index in [9.17, 15) is 9.59 Å². The van der Waals surface area contributed by atoms with Crippen LogP contribution in [0, 0.1) is 5.92 Å². The Morgan fingerprint density at radius 3 is 2.41 bits per heavy atom. The van der Waals surface area contributed by atoms with E-state index in [0.717, 1.165) is 31.8 Å². The first-order valence-corrected chi connectivity index (χ1v) is 6.37. The van der Waals surface area contributed by atoms with Crippen LogP contribution in [0.2, 0.25) is 0 Å². The molecule has 1 heterocycles. The molecule has 0 aliphatic carbocycles. The van der Waals surface area contributed by atoms with Crippen molar-refractivity contribution in [2.45, 2.75) is 45.1 Å². The van der Waals surface area contributed by atoms with Crippen LogP contribution in [0.5, 0.6) is 0 Å². The van der Waals surface area contributed by atoms with Gasteiger partial charge in [0.1, 0.15) is 0 Å². The van der Waals surface area contributed by atoms with Gasteiger partial charge in [-0.25, -0.2) is 0 Å². The Morgan fingerprint density at radius 1 is 1.35 bits per heavy atom. The van der Waals surface area contributed by atoms with E-state index in [1.807, 2.05) is 0 Å². The van der Waals surface area contributed by atoms with Crippen molar-refractivity contribution in [2.24, 2.45) is 17.4 Å². The molecular weight excluding hydrogens is 218 g/mol. The fourth-order valence-electron chi connectivity index (χ4n) is 2.39. The molecule has 5 heteroatoms. The van der Waals surface area contributed by atoms with Gasteiger partial charge in [-0.2, -0.15) is 0 Å². The summed E-state index contributed by atoms with van der Waals surface area (Å²) < 4.78 is 0. The number of likely N-dealkylation sites (tertiary alicyclic amines) is 1. The van der Waals surface area contributed by atoms with Gasteiger partial charge in [0.2, 0.25) is 11.8 Å². The zero-order valence-electron chi connectivity index (χ0n) is 10.5. The molecule has 0 aromatic rings. The van der Waals surface area contributed by atoms with Crippen molar-refractivity contribution in [3.05, 3.63) is 0 Å². The predicted octanol–water partition coefficient (Wildman–Crippen LogP) is 0.228. The second kappa shape index (κ2) is 6.59. The summed E-state index contributed by atoms with van der Waals surface area (Å²) in [4.78, 5) is 24.4. The predicted molar refractivity (Wildman–Crippen MR) is 66.0 cm³/mol. The molecule has 17 heavy (non-hydrogen) atoms. The van der Waals surface area contributed by atoms with E-state index in [0.29, 0.717) is 0 Å².